The van der Waals surface area contributed by atoms with Crippen LogP contribution in [0.15, 0.2) is 132 Å². The summed E-state index contributed by atoms with van der Waals surface area (Å²) in [4.78, 5) is 14.5. The van der Waals surface area contributed by atoms with Crippen molar-refractivity contribution in [2.75, 3.05) is 0 Å². The molecule has 0 aliphatic carbocycles. The number of benzene rings is 5. The molecular formula is C33H21N3O. The first kappa shape index (κ1) is 16.6. The van der Waals surface area contributed by atoms with Gasteiger partial charge in [-0.2, -0.15) is 0 Å². The fourth-order valence-corrected chi connectivity index (χ4v) is 4.55. The third-order valence-corrected chi connectivity index (χ3v) is 6.23. The molecule has 0 bridgehead atoms. The average Bonchev–Trinajstić information content (AvgIpc) is 3.43. The molecule has 0 N–H and O–H groups in total. The Balaban J connectivity index is 1.51. The first-order valence-electron chi connectivity index (χ1n) is 14.3. The van der Waals surface area contributed by atoms with Gasteiger partial charge in [0.15, 0.2) is 17.5 Å². The molecule has 7 aromatic rings. The Bertz CT molecular complexity index is 2060. The lowest BCUT2D eigenvalue weighted by Crippen LogP contribution is -2.00. The summed E-state index contributed by atoms with van der Waals surface area (Å²) in [5.41, 5.74) is 3.99. The third-order valence-electron chi connectivity index (χ3n) is 6.23. The fraction of sp³-hybridized carbons (Fsp3) is 0. The second-order valence-corrected chi connectivity index (χ2v) is 8.50. The van der Waals surface area contributed by atoms with Crippen LogP contribution in [0.5, 0.6) is 0 Å². The Hall–Kier alpha value is -5.09. The van der Waals surface area contributed by atoms with E-state index in [2.05, 4.69) is 0 Å². The number of aromatic nitrogens is 3. The van der Waals surface area contributed by atoms with Gasteiger partial charge in [0.05, 0.1) is 12.4 Å². The van der Waals surface area contributed by atoms with Gasteiger partial charge in [-0.3, -0.25) is 0 Å². The minimum atomic E-state index is -0.432. The maximum atomic E-state index is 8.57. The Morgan fingerprint density at radius 3 is 1.78 bits per heavy atom. The highest BCUT2D eigenvalue weighted by Crippen LogP contribution is 2.40. The molecule has 4 heteroatoms. The summed E-state index contributed by atoms with van der Waals surface area (Å²) in [6, 6.07) is 28.6. The monoisotopic (exact) mass is 480 g/mol. The summed E-state index contributed by atoms with van der Waals surface area (Å²) in [5.74, 6) is 1.47. The van der Waals surface area contributed by atoms with Crippen LogP contribution in [0.4, 0.5) is 0 Å². The summed E-state index contributed by atoms with van der Waals surface area (Å²) in [7, 11) is 0. The maximum absolute atomic E-state index is 8.57. The van der Waals surface area contributed by atoms with Crippen molar-refractivity contribution < 1.29 is 11.3 Å². The largest absolute Gasteiger partial charge is 0.455 e. The molecule has 0 aliphatic heterocycles. The zero-order valence-corrected chi connectivity index (χ0v) is 19.5. The summed E-state index contributed by atoms with van der Waals surface area (Å²) in [5, 5.41) is 1.36. The second-order valence-electron chi connectivity index (χ2n) is 8.50. The van der Waals surface area contributed by atoms with Crippen molar-refractivity contribution in [1.29, 1.82) is 0 Å². The van der Waals surface area contributed by atoms with Gasteiger partial charge in [-0.1, -0.05) is 115 Å². The van der Waals surface area contributed by atoms with Gasteiger partial charge in [0, 0.05) is 21.9 Å². The summed E-state index contributed by atoms with van der Waals surface area (Å²) in [6.07, 6.45) is 0. The summed E-state index contributed by atoms with van der Waals surface area (Å²) >= 11 is 0. The molecule has 4 nitrogen and oxygen atoms in total. The van der Waals surface area contributed by atoms with Gasteiger partial charge in [0.1, 0.15) is 11.2 Å². The van der Waals surface area contributed by atoms with Crippen LogP contribution in [0.25, 0.3) is 67.2 Å². The average molecular weight is 481 g/mol. The van der Waals surface area contributed by atoms with E-state index in [1.165, 1.54) is 0 Å². The minimum absolute atomic E-state index is 0.123. The number of fused-ring (bicyclic) bond motifs is 3. The molecule has 7 rings (SSSR count). The van der Waals surface area contributed by atoms with Crippen LogP contribution in [0, 0.1) is 0 Å². The van der Waals surface area contributed by atoms with Crippen LogP contribution in [0.1, 0.15) is 6.85 Å². The zero-order valence-electron chi connectivity index (χ0n) is 24.5. The number of hydrogen-bond acceptors (Lipinski definition) is 4. The number of rotatable bonds is 4. The molecular weight excluding hydrogens is 454 g/mol. The third kappa shape index (κ3) is 3.76. The van der Waals surface area contributed by atoms with Crippen molar-refractivity contribution in [3.05, 3.63) is 127 Å². The van der Waals surface area contributed by atoms with Crippen molar-refractivity contribution in [3.8, 4) is 45.3 Å². The smallest absolute Gasteiger partial charge is 0.167 e. The van der Waals surface area contributed by atoms with E-state index >= 15 is 0 Å². The molecule has 0 unspecified atom stereocenters. The molecule has 5 aromatic carbocycles. The van der Waals surface area contributed by atoms with E-state index < -0.39 is 6.04 Å². The van der Waals surface area contributed by atoms with E-state index in [1.807, 2.05) is 78.9 Å². The number of nitrogens with zero attached hydrogens (tertiary/aromatic N) is 3. The topological polar surface area (TPSA) is 51.8 Å². The van der Waals surface area contributed by atoms with Gasteiger partial charge >= 0.3 is 0 Å². The van der Waals surface area contributed by atoms with Gasteiger partial charge in [-0.25, -0.2) is 15.0 Å². The highest BCUT2D eigenvalue weighted by atomic mass is 16.3. The van der Waals surface area contributed by atoms with E-state index in [-0.39, 0.29) is 29.7 Å². The van der Waals surface area contributed by atoms with E-state index in [0.29, 0.717) is 50.5 Å². The van der Waals surface area contributed by atoms with E-state index in [4.69, 9.17) is 26.2 Å². The quantitative estimate of drug-likeness (QED) is 0.254. The molecule has 0 atom stereocenters. The zero-order chi connectivity index (χ0) is 29.0. The molecule has 0 spiro atoms. The Morgan fingerprint density at radius 1 is 0.514 bits per heavy atom. The van der Waals surface area contributed by atoms with Crippen molar-refractivity contribution in [3.63, 3.8) is 0 Å². The predicted octanol–water partition coefficient (Wildman–Crippen LogP) is 8.44. The van der Waals surface area contributed by atoms with E-state index in [9.17, 15) is 0 Å². The Labute approximate surface area is 221 Å². The first-order chi connectivity index (χ1) is 20.4. The molecule has 37 heavy (non-hydrogen) atoms. The van der Waals surface area contributed by atoms with Gasteiger partial charge < -0.3 is 4.42 Å². The molecule has 174 valence electrons. The van der Waals surface area contributed by atoms with Crippen molar-refractivity contribution in [2.45, 2.75) is 0 Å². The first-order valence-corrected chi connectivity index (χ1v) is 11.8. The highest BCUT2D eigenvalue weighted by Gasteiger charge is 2.19. The molecule has 2 heterocycles. The maximum Gasteiger partial charge on any atom is 0.167 e. The van der Waals surface area contributed by atoms with E-state index in [1.54, 1.807) is 18.2 Å². The van der Waals surface area contributed by atoms with Gasteiger partial charge in [0.2, 0.25) is 0 Å². The lowest BCUT2D eigenvalue weighted by atomic mass is 9.99. The van der Waals surface area contributed by atoms with Crippen LogP contribution in [-0.2, 0) is 0 Å². The minimum Gasteiger partial charge on any atom is -0.455 e. The molecule has 0 amide bonds. The Morgan fingerprint density at radius 2 is 1.11 bits per heavy atom. The SMILES string of the molecule is [2H]c1c([2H])c([2H])c(-c2cccc3oc4c(-c5nc(-c6ccccc6)nc(-c6ccccc6)n5)cccc4c23)c([2H])c1[2H]. The summed E-state index contributed by atoms with van der Waals surface area (Å²) in [6.45, 7) is 0. The molecule has 0 saturated heterocycles. The number of para-hydroxylation sites is 1. The standard InChI is InChI=1S/C33H21N3O/c1-4-12-22(13-5-1)25-18-11-21-28-29(25)26-19-10-20-27(30(26)37-28)33-35-31(23-14-6-2-7-15-23)34-32(36-33)24-16-8-3-9-17-24/h1-21H/i1D,4D,5D,12D,13D. The Kier molecular flexibility index (Phi) is 3.96. The molecule has 0 fully saturated rings. The van der Waals surface area contributed by atoms with Crippen molar-refractivity contribution in [2.24, 2.45) is 0 Å². The summed E-state index contributed by atoms with van der Waals surface area (Å²) < 4.78 is 47.9. The molecule has 0 radical (unpaired) electrons. The fourth-order valence-electron chi connectivity index (χ4n) is 4.55. The van der Waals surface area contributed by atoms with E-state index in [0.717, 1.165) is 11.1 Å². The highest BCUT2D eigenvalue weighted by molar-refractivity contribution is 6.15. The molecule has 0 saturated carbocycles. The number of furan rings is 1. The van der Waals surface area contributed by atoms with Crippen LogP contribution in [0.2, 0.25) is 0 Å². The van der Waals surface area contributed by atoms with Crippen molar-refractivity contribution >= 4 is 21.9 Å². The van der Waals surface area contributed by atoms with Gasteiger partial charge in [-0.15, -0.1) is 0 Å². The van der Waals surface area contributed by atoms with Gasteiger partial charge in [0.25, 0.3) is 0 Å². The molecule has 2 aromatic heterocycles. The van der Waals surface area contributed by atoms with Crippen LogP contribution >= 0.6 is 0 Å². The predicted molar refractivity (Wildman–Crippen MR) is 149 cm³/mol. The van der Waals surface area contributed by atoms with Crippen molar-refractivity contribution in [1.82, 2.24) is 15.0 Å². The lowest BCUT2D eigenvalue weighted by molar-refractivity contribution is 0.669. The lowest BCUT2D eigenvalue weighted by Gasteiger charge is -2.08. The normalized spacial score (nSPS) is 13.1. The van der Waals surface area contributed by atoms with Crippen LogP contribution < -0.4 is 0 Å². The second kappa shape index (κ2) is 8.85. The number of hydrogen-bond donors (Lipinski definition) is 0. The van der Waals surface area contributed by atoms with Crippen LogP contribution in [0.3, 0.4) is 0 Å². The van der Waals surface area contributed by atoms with Crippen LogP contribution in [-0.4, -0.2) is 15.0 Å². The molecule has 0 aliphatic rings. The van der Waals surface area contributed by atoms with Gasteiger partial charge in [-0.05, 0) is 23.3 Å².